The minimum absolute atomic E-state index is 0.00558. The van der Waals surface area contributed by atoms with Crippen molar-refractivity contribution >= 4 is 16.0 Å². The number of esters is 1. The lowest BCUT2D eigenvalue weighted by molar-refractivity contribution is 0.0600. The summed E-state index contributed by atoms with van der Waals surface area (Å²) >= 11 is 0. The third kappa shape index (κ3) is 4.13. The van der Waals surface area contributed by atoms with Gasteiger partial charge < -0.3 is 9.30 Å². The zero-order valence-electron chi connectivity index (χ0n) is 14.5. The second kappa shape index (κ2) is 7.58. The van der Waals surface area contributed by atoms with E-state index >= 15 is 0 Å². The average Bonchev–Trinajstić information content (AvgIpc) is 3.00. The van der Waals surface area contributed by atoms with Crippen LogP contribution in [0.2, 0.25) is 0 Å². The van der Waals surface area contributed by atoms with Gasteiger partial charge in [0.05, 0.1) is 18.4 Å². The lowest BCUT2D eigenvalue weighted by Crippen LogP contribution is -2.38. The Morgan fingerprint density at radius 1 is 1.35 bits per heavy atom. The van der Waals surface area contributed by atoms with Crippen molar-refractivity contribution in [3.05, 3.63) is 28.3 Å². The molecule has 26 heavy (non-hydrogen) atoms. The van der Waals surface area contributed by atoms with Gasteiger partial charge in [0.15, 0.2) is 0 Å². The summed E-state index contributed by atoms with van der Waals surface area (Å²) in [7, 11) is -2.23. The Labute approximate surface area is 151 Å². The molecule has 2 aliphatic heterocycles. The summed E-state index contributed by atoms with van der Waals surface area (Å²) < 4.78 is 33.6. The van der Waals surface area contributed by atoms with Crippen LogP contribution in [0.3, 0.4) is 0 Å². The highest BCUT2D eigenvalue weighted by Gasteiger charge is 2.23. The van der Waals surface area contributed by atoms with Crippen LogP contribution in [0, 0.1) is 0 Å². The number of hydrogen-bond donors (Lipinski definition) is 2. The number of ether oxygens (including phenoxy) is 1. The molecule has 2 heterocycles. The summed E-state index contributed by atoms with van der Waals surface area (Å²) in [5.74, 6) is -0.786. The number of aromatic nitrogens is 3. The van der Waals surface area contributed by atoms with Crippen LogP contribution in [-0.4, -0.2) is 48.1 Å². The zero-order chi connectivity index (χ0) is 18.7. The number of carbonyl (C=O) groups is 1. The first kappa shape index (κ1) is 18.6. The lowest BCUT2D eigenvalue weighted by Gasteiger charge is -2.22. The van der Waals surface area contributed by atoms with Crippen LogP contribution in [0.25, 0.3) is 11.3 Å². The van der Waals surface area contributed by atoms with Crippen molar-refractivity contribution in [3.8, 4) is 11.3 Å². The highest BCUT2D eigenvalue weighted by Crippen LogP contribution is 2.21. The van der Waals surface area contributed by atoms with Crippen LogP contribution in [-0.2, 0) is 21.3 Å². The van der Waals surface area contributed by atoms with Crippen molar-refractivity contribution in [2.75, 3.05) is 12.9 Å². The van der Waals surface area contributed by atoms with Crippen LogP contribution in [0.5, 0.6) is 0 Å². The smallest absolute Gasteiger partial charge is 0.341 e. The highest BCUT2D eigenvalue weighted by atomic mass is 32.2. The Bertz CT molecular complexity index is 911. The molecule has 142 valence electrons. The second-order valence-corrected chi connectivity index (χ2v) is 8.36. The fourth-order valence-corrected chi connectivity index (χ4v) is 4.55. The number of aromatic amines is 1. The van der Waals surface area contributed by atoms with E-state index < -0.39 is 21.6 Å². The summed E-state index contributed by atoms with van der Waals surface area (Å²) in [4.78, 5) is 23.8. The summed E-state index contributed by atoms with van der Waals surface area (Å²) in [5.41, 5.74) is 0.0931. The summed E-state index contributed by atoms with van der Waals surface area (Å²) in [5, 5.41) is 6.12. The quantitative estimate of drug-likeness (QED) is 0.710. The van der Waals surface area contributed by atoms with Crippen LogP contribution in [0.1, 0.15) is 42.5 Å². The number of fused-ring (bicyclic) bond motifs is 1. The first-order chi connectivity index (χ1) is 12.4. The van der Waals surface area contributed by atoms with Gasteiger partial charge in [-0.15, -0.1) is 0 Å². The molecule has 0 aromatic carbocycles. The molecule has 0 aromatic rings. The minimum Gasteiger partial charge on any atom is -0.465 e. The molecule has 2 N–H and O–H groups in total. The maximum atomic E-state index is 12.3. The van der Waals surface area contributed by atoms with Crippen molar-refractivity contribution in [2.45, 2.75) is 44.7 Å². The lowest BCUT2D eigenvalue weighted by atomic mass is 9.96. The molecule has 3 rings (SSSR count). The van der Waals surface area contributed by atoms with E-state index in [1.54, 1.807) is 0 Å². The number of nitrogens with zero attached hydrogens (tertiary/aromatic N) is 2. The van der Waals surface area contributed by atoms with E-state index in [-0.39, 0.29) is 35.2 Å². The van der Waals surface area contributed by atoms with Crippen molar-refractivity contribution in [1.29, 1.82) is 0 Å². The largest absolute Gasteiger partial charge is 0.465 e. The Balaban J connectivity index is 1.77. The predicted octanol–water partition coefficient (Wildman–Crippen LogP) is 0.715. The first-order valence-electron chi connectivity index (χ1n) is 8.56. The van der Waals surface area contributed by atoms with E-state index in [0.717, 1.165) is 32.1 Å². The SMILES string of the molecule is COC(=O)c1cn(CCS(=O)(=O)NC2CCCCC2)cc2c(=O)[nH]nc1-2. The third-order valence-electron chi connectivity index (χ3n) is 4.59. The van der Waals surface area contributed by atoms with Crippen molar-refractivity contribution in [2.24, 2.45) is 0 Å². The van der Waals surface area contributed by atoms with Gasteiger partial charge in [-0.2, -0.15) is 5.10 Å². The minimum atomic E-state index is -3.46. The molecule has 1 saturated carbocycles. The van der Waals surface area contributed by atoms with E-state index in [1.165, 1.54) is 24.1 Å². The molecule has 0 amide bonds. The maximum Gasteiger partial charge on any atom is 0.341 e. The van der Waals surface area contributed by atoms with Gasteiger partial charge in [-0.25, -0.2) is 23.0 Å². The molecule has 0 spiro atoms. The van der Waals surface area contributed by atoms with Crippen LogP contribution >= 0.6 is 0 Å². The fourth-order valence-electron chi connectivity index (χ4n) is 3.24. The Morgan fingerprint density at radius 2 is 2.08 bits per heavy atom. The molecule has 0 radical (unpaired) electrons. The standard InChI is InChI=1S/C16H22N4O5S/c1-25-16(22)13-10-20(9-12-14(13)17-18-15(12)21)7-8-26(23,24)19-11-5-3-2-4-6-11/h9-11,19H,2-8H2,1H3,(H,18,21). The van der Waals surface area contributed by atoms with E-state index in [0.29, 0.717) is 0 Å². The topological polar surface area (TPSA) is 123 Å². The number of hydrogen-bond acceptors (Lipinski definition) is 6. The summed E-state index contributed by atoms with van der Waals surface area (Å²) in [6.45, 7) is 0.104. The van der Waals surface area contributed by atoms with Gasteiger partial charge in [0.25, 0.3) is 5.56 Å². The number of rotatable bonds is 6. The first-order valence-corrected chi connectivity index (χ1v) is 10.2. The molecule has 3 aliphatic rings. The van der Waals surface area contributed by atoms with Crippen LogP contribution in [0.4, 0.5) is 0 Å². The van der Waals surface area contributed by atoms with Gasteiger partial charge in [0.1, 0.15) is 11.3 Å². The van der Waals surface area contributed by atoms with Crippen LogP contribution in [0.15, 0.2) is 17.2 Å². The van der Waals surface area contributed by atoms with Gasteiger partial charge in [-0.1, -0.05) is 19.3 Å². The molecule has 10 heteroatoms. The van der Waals surface area contributed by atoms with E-state index in [1.807, 2.05) is 0 Å². The molecule has 0 unspecified atom stereocenters. The summed E-state index contributed by atoms with van der Waals surface area (Å²) in [6.07, 6.45) is 7.88. The fraction of sp³-hybridized carbons (Fsp3) is 0.562. The van der Waals surface area contributed by atoms with Gasteiger partial charge in [-0.05, 0) is 12.8 Å². The molecular formula is C16H22N4O5S. The number of methoxy groups -OCH3 is 1. The Kier molecular flexibility index (Phi) is 5.42. The Hall–Kier alpha value is -2.20. The number of sulfonamides is 1. The van der Waals surface area contributed by atoms with Gasteiger partial charge in [-0.3, -0.25) is 4.79 Å². The number of aryl methyl sites for hydroxylation is 1. The molecule has 0 bridgehead atoms. The van der Waals surface area contributed by atoms with Crippen molar-refractivity contribution in [3.63, 3.8) is 0 Å². The normalized spacial score (nSPS) is 16.0. The zero-order valence-corrected chi connectivity index (χ0v) is 15.3. The molecule has 1 aliphatic carbocycles. The monoisotopic (exact) mass is 382 g/mol. The molecule has 0 atom stereocenters. The molecule has 0 saturated heterocycles. The van der Waals surface area contributed by atoms with Gasteiger partial charge >= 0.3 is 5.97 Å². The molecule has 9 nitrogen and oxygen atoms in total. The highest BCUT2D eigenvalue weighted by molar-refractivity contribution is 7.89. The Morgan fingerprint density at radius 3 is 2.77 bits per heavy atom. The van der Waals surface area contributed by atoms with Gasteiger partial charge in [0.2, 0.25) is 10.0 Å². The van der Waals surface area contributed by atoms with E-state index in [4.69, 9.17) is 4.74 Å². The van der Waals surface area contributed by atoms with Crippen LogP contribution < -0.4 is 10.3 Å². The van der Waals surface area contributed by atoms with E-state index in [9.17, 15) is 18.0 Å². The molecular weight excluding hydrogens is 360 g/mol. The maximum absolute atomic E-state index is 12.3. The average molecular weight is 382 g/mol. The molecule has 1 fully saturated rings. The molecule has 0 aromatic heterocycles. The van der Waals surface area contributed by atoms with Crippen molar-refractivity contribution in [1.82, 2.24) is 19.5 Å². The van der Waals surface area contributed by atoms with Gasteiger partial charge in [0, 0.05) is 25.0 Å². The predicted molar refractivity (Wildman–Crippen MR) is 94.6 cm³/mol. The van der Waals surface area contributed by atoms with Crippen molar-refractivity contribution < 1.29 is 17.9 Å². The second-order valence-electron chi connectivity index (χ2n) is 6.49. The third-order valence-corrected chi connectivity index (χ3v) is 6.00. The number of pyridine rings is 1. The number of nitrogens with one attached hydrogen (secondary N) is 2. The number of carbonyl (C=O) groups excluding carboxylic acids is 1. The number of H-pyrrole nitrogens is 1. The van der Waals surface area contributed by atoms with E-state index in [2.05, 4.69) is 14.9 Å². The summed E-state index contributed by atoms with van der Waals surface area (Å²) in [6, 6.07) is -0.00558.